The number of hydrogen-bond donors (Lipinski definition) is 0. The second-order valence-corrected chi connectivity index (χ2v) is 11.8. The van der Waals surface area contributed by atoms with E-state index in [1.165, 1.54) is 12.1 Å². The van der Waals surface area contributed by atoms with E-state index in [0.29, 0.717) is 47.2 Å². The molecule has 44 heavy (non-hydrogen) atoms. The Balaban J connectivity index is 1.35. The van der Waals surface area contributed by atoms with Crippen LogP contribution in [0.5, 0.6) is 6.01 Å². The second kappa shape index (κ2) is 11.1. The Morgan fingerprint density at radius 1 is 1.16 bits per heavy atom. The van der Waals surface area contributed by atoms with Crippen molar-refractivity contribution in [2.45, 2.75) is 43.8 Å². The van der Waals surface area contributed by atoms with Gasteiger partial charge in [0.15, 0.2) is 5.82 Å². The van der Waals surface area contributed by atoms with Gasteiger partial charge in [0, 0.05) is 48.4 Å². The largest absolute Gasteiger partial charge is 0.462 e. The Morgan fingerprint density at radius 2 is 1.95 bits per heavy atom. The molecular weight excluding hydrogens is 562 g/mol. The van der Waals surface area contributed by atoms with Gasteiger partial charge in [0.2, 0.25) is 5.91 Å². The molecule has 10 heteroatoms. The van der Waals surface area contributed by atoms with E-state index in [0.717, 1.165) is 32.2 Å². The van der Waals surface area contributed by atoms with Crippen molar-refractivity contribution in [3.63, 3.8) is 0 Å². The third-order valence-electron chi connectivity index (χ3n) is 9.32. The van der Waals surface area contributed by atoms with E-state index < -0.39 is 11.6 Å². The SMILES string of the molecule is C#Cc1c(F)ccc2cccc(-c3ncc4c(N5C[C@H]6CC[C@@H](C5)N6C(=O)C=C)nc(OC[C@@H]5CCCN5C)nc4c3F)c12. The normalized spacial score (nSPS) is 21.6. The van der Waals surface area contributed by atoms with E-state index in [1.807, 2.05) is 4.90 Å². The number of amides is 1. The van der Waals surface area contributed by atoms with Gasteiger partial charge < -0.3 is 19.4 Å². The zero-order valence-electron chi connectivity index (χ0n) is 24.5. The zero-order valence-corrected chi connectivity index (χ0v) is 24.5. The molecule has 5 heterocycles. The van der Waals surface area contributed by atoms with Gasteiger partial charge in [0.05, 0.1) is 10.9 Å². The Kier molecular flexibility index (Phi) is 7.13. The standard InChI is InChI=1S/C34H32F2N6O2/c1-4-24-27(35)14-11-20-8-6-10-25(29(20)24)31-30(36)32-26(16-37-31)33(39-34(38-32)44-19-23-9-7-15-40(23)3)41-17-21-12-13-22(18-41)42(21)28(43)5-2/h1,5-6,8,10-11,14,16,21-23H,2,7,9,12-13,15,17-19H2,3H3/t21-,22+,23-/m0/s1. The minimum absolute atomic E-state index is 0.00869. The number of rotatable bonds is 6. The van der Waals surface area contributed by atoms with E-state index >= 15 is 4.39 Å². The first-order valence-electron chi connectivity index (χ1n) is 14.9. The topological polar surface area (TPSA) is 74.7 Å². The maximum Gasteiger partial charge on any atom is 0.319 e. The Bertz CT molecular complexity index is 1840. The molecule has 0 aliphatic carbocycles. The lowest BCUT2D eigenvalue weighted by molar-refractivity contribution is -0.129. The average molecular weight is 595 g/mol. The summed E-state index contributed by atoms with van der Waals surface area (Å²) in [5.74, 6) is 1.63. The summed E-state index contributed by atoms with van der Waals surface area (Å²) < 4.78 is 37.6. The molecule has 8 nitrogen and oxygen atoms in total. The van der Waals surface area contributed by atoms with Crippen molar-refractivity contribution in [2.24, 2.45) is 0 Å². The number of terminal acetylenes is 1. The molecule has 7 rings (SSSR count). The van der Waals surface area contributed by atoms with E-state index in [9.17, 15) is 9.18 Å². The maximum atomic E-state index is 16.7. The van der Waals surface area contributed by atoms with Gasteiger partial charge in [-0.1, -0.05) is 36.8 Å². The van der Waals surface area contributed by atoms with Crippen molar-refractivity contribution in [1.82, 2.24) is 24.8 Å². The molecule has 3 fully saturated rings. The molecule has 3 aliphatic rings. The molecule has 3 atom stereocenters. The molecule has 0 N–H and O–H groups in total. The average Bonchev–Trinajstić information content (AvgIpc) is 3.57. The maximum absolute atomic E-state index is 16.7. The lowest BCUT2D eigenvalue weighted by Crippen LogP contribution is -2.55. The molecule has 0 spiro atoms. The highest BCUT2D eigenvalue weighted by molar-refractivity contribution is 6.02. The summed E-state index contributed by atoms with van der Waals surface area (Å²) >= 11 is 0. The summed E-state index contributed by atoms with van der Waals surface area (Å²) in [6.45, 7) is 6.10. The number of hydrogen-bond acceptors (Lipinski definition) is 7. The Morgan fingerprint density at radius 3 is 2.66 bits per heavy atom. The molecule has 0 unspecified atom stereocenters. The van der Waals surface area contributed by atoms with E-state index in [-0.39, 0.29) is 46.8 Å². The molecule has 0 saturated carbocycles. The molecule has 4 aromatic rings. The fraction of sp³-hybridized carbons (Fsp3) is 0.353. The molecule has 224 valence electrons. The van der Waals surface area contributed by atoms with E-state index in [4.69, 9.17) is 16.1 Å². The lowest BCUT2D eigenvalue weighted by atomic mass is 9.96. The third-order valence-corrected chi connectivity index (χ3v) is 9.32. The zero-order chi connectivity index (χ0) is 30.5. The van der Waals surface area contributed by atoms with Crippen molar-refractivity contribution < 1.29 is 18.3 Å². The number of halogens is 2. The Hall–Kier alpha value is -4.62. The highest BCUT2D eigenvalue weighted by Gasteiger charge is 2.42. The smallest absolute Gasteiger partial charge is 0.319 e. The fourth-order valence-electron chi connectivity index (χ4n) is 7.11. The molecule has 1 amide bonds. The summed E-state index contributed by atoms with van der Waals surface area (Å²) in [5.41, 5.74) is 0.495. The third kappa shape index (κ3) is 4.63. The molecule has 2 bridgehead atoms. The number of benzene rings is 2. The van der Waals surface area contributed by atoms with Gasteiger partial charge in [-0.25, -0.2) is 8.78 Å². The molecule has 0 radical (unpaired) electrons. The van der Waals surface area contributed by atoms with Crippen LogP contribution in [0, 0.1) is 24.0 Å². The van der Waals surface area contributed by atoms with Crippen LogP contribution >= 0.6 is 0 Å². The highest BCUT2D eigenvalue weighted by atomic mass is 19.1. The van der Waals surface area contributed by atoms with Crippen molar-refractivity contribution in [1.29, 1.82) is 0 Å². The predicted octanol–water partition coefficient (Wildman–Crippen LogP) is 4.94. The predicted molar refractivity (Wildman–Crippen MR) is 165 cm³/mol. The second-order valence-electron chi connectivity index (χ2n) is 11.8. The van der Waals surface area contributed by atoms with Crippen molar-refractivity contribution in [3.8, 4) is 29.6 Å². The van der Waals surface area contributed by atoms with Gasteiger partial charge in [0.25, 0.3) is 0 Å². The summed E-state index contributed by atoms with van der Waals surface area (Å²) in [4.78, 5) is 32.7. The van der Waals surface area contributed by atoms with Crippen molar-refractivity contribution in [2.75, 3.05) is 38.2 Å². The molecule has 2 aromatic carbocycles. The quantitative estimate of drug-likeness (QED) is 0.231. The number of carbonyl (C=O) groups excluding carboxylic acids is 1. The summed E-state index contributed by atoms with van der Waals surface area (Å²) in [6, 6.07) is 8.45. The number of piperazine rings is 1. The molecule has 2 aromatic heterocycles. The van der Waals surface area contributed by atoms with Gasteiger partial charge in [-0.3, -0.25) is 9.78 Å². The number of likely N-dealkylation sites (N-methyl/N-ethyl adjacent to an activating group) is 1. The number of pyridine rings is 1. The van der Waals surface area contributed by atoms with Crippen LogP contribution in [0.25, 0.3) is 32.9 Å². The minimum atomic E-state index is -0.669. The van der Waals surface area contributed by atoms with Gasteiger partial charge in [-0.15, -0.1) is 6.42 Å². The van der Waals surface area contributed by atoms with E-state index in [2.05, 4.69) is 39.3 Å². The van der Waals surface area contributed by atoms with Gasteiger partial charge >= 0.3 is 6.01 Å². The lowest BCUT2D eigenvalue weighted by Gasteiger charge is -2.41. The highest BCUT2D eigenvalue weighted by Crippen LogP contribution is 2.39. The minimum Gasteiger partial charge on any atom is -0.462 e. The molecular formula is C34H32F2N6O2. The summed E-state index contributed by atoms with van der Waals surface area (Å²) in [7, 11) is 2.06. The number of likely N-dealkylation sites (tertiary alicyclic amines) is 1. The number of aromatic nitrogens is 3. The van der Waals surface area contributed by atoms with Crippen LogP contribution in [0.2, 0.25) is 0 Å². The first-order chi connectivity index (χ1) is 21.4. The number of nitrogens with zero attached hydrogens (tertiary/aromatic N) is 6. The van der Waals surface area contributed by atoms with Crippen LogP contribution in [-0.2, 0) is 4.79 Å². The van der Waals surface area contributed by atoms with Crippen LogP contribution in [0.4, 0.5) is 14.6 Å². The van der Waals surface area contributed by atoms with Crippen LogP contribution in [0.3, 0.4) is 0 Å². The number of anilines is 1. The van der Waals surface area contributed by atoms with Crippen molar-refractivity contribution >= 4 is 33.4 Å². The summed E-state index contributed by atoms with van der Waals surface area (Å²) in [5, 5.41) is 1.52. The summed E-state index contributed by atoms with van der Waals surface area (Å²) in [6.07, 6.45) is 12.4. The van der Waals surface area contributed by atoms with Gasteiger partial charge in [-0.05, 0) is 56.8 Å². The van der Waals surface area contributed by atoms with Crippen LogP contribution < -0.4 is 9.64 Å². The fourth-order valence-corrected chi connectivity index (χ4v) is 7.11. The number of carbonyl (C=O) groups is 1. The first kappa shape index (κ1) is 28.2. The van der Waals surface area contributed by atoms with Gasteiger partial charge in [0.1, 0.15) is 29.5 Å². The molecule has 3 aliphatic heterocycles. The molecule has 3 saturated heterocycles. The first-order valence-corrected chi connectivity index (χ1v) is 14.9. The van der Waals surface area contributed by atoms with Crippen LogP contribution in [0.15, 0.2) is 49.2 Å². The van der Waals surface area contributed by atoms with Crippen molar-refractivity contribution in [3.05, 3.63) is 66.4 Å². The number of ether oxygens (including phenoxy) is 1. The van der Waals surface area contributed by atoms with Gasteiger partial charge in [-0.2, -0.15) is 9.97 Å². The number of fused-ring (bicyclic) bond motifs is 4. The Labute approximate surface area is 254 Å². The monoisotopic (exact) mass is 594 g/mol. The van der Waals surface area contributed by atoms with Crippen LogP contribution in [-0.4, -0.2) is 82.1 Å². The van der Waals surface area contributed by atoms with Crippen LogP contribution in [0.1, 0.15) is 31.2 Å². The van der Waals surface area contributed by atoms with E-state index in [1.54, 1.807) is 30.5 Å².